The summed E-state index contributed by atoms with van der Waals surface area (Å²) < 4.78 is 17.4. The van der Waals surface area contributed by atoms with E-state index >= 15 is 0 Å². The van der Waals surface area contributed by atoms with Gasteiger partial charge in [-0.3, -0.25) is 0 Å². The Morgan fingerprint density at radius 3 is 2.95 bits per heavy atom. The molecule has 0 radical (unpaired) electrons. The summed E-state index contributed by atoms with van der Waals surface area (Å²) in [6, 6.07) is 3.49. The van der Waals surface area contributed by atoms with Gasteiger partial charge in [-0.2, -0.15) is 4.68 Å². The molecule has 1 aliphatic carbocycles. The molecule has 1 atom stereocenters. The smallest absolute Gasteiger partial charge is 0.437 e. The highest BCUT2D eigenvalue weighted by atomic mass is 16.5. The van der Waals surface area contributed by atoms with Crippen LogP contribution in [0.5, 0.6) is 0 Å². The van der Waals surface area contributed by atoms with Gasteiger partial charge in [0.05, 0.1) is 12.8 Å². The highest BCUT2D eigenvalue weighted by Crippen LogP contribution is 2.50. The van der Waals surface area contributed by atoms with Crippen molar-refractivity contribution in [2.24, 2.45) is 11.3 Å². The summed E-state index contributed by atoms with van der Waals surface area (Å²) in [5, 5.41) is 4.31. The Kier molecular flexibility index (Phi) is 3.41. The first kappa shape index (κ1) is 13.8. The predicted molar refractivity (Wildman–Crippen MR) is 78.3 cm³/mol. The van der Waals surface area contributed by atoms with Crippen molar-refractivity contribution in [3.05, 3.63) is 28.9 Å². The largest absolute Gasteiger partial charge is 0.459 e. The minimum absolute atomic E-state index is 0.258. The van der Waals surface area contributed by atoms with E-state index in [1.807, 2.05) is 0 Å². The van der Waals surface area contributed by atoms with Crippen LogP contribution in [-0.2, 0) is 11.3 Å². The Hall–Kier alpha value is -1.82. The molecular formula is C16H20N2O4. The van der Waals surface area contributed by atoms with E-state index in [0.29, 0.717) is 23.6 Å². The Morgan fingerprint density at radius 1 is 1.32 bits per heavy atom. The maximum atomic E-state index is 12.1. The number of aromatic nitrogens is 2. The summed E-state index contributed by atoms with van der Waals surface area (Å²) in [6.45, 7) is 2.30. The second-order valence-electron chi connectivity index (χ2n) is 6.40. The van der Waals surface area contributed by atoms with Crippen LogP contribution >= 0.6 is 0 Å². The van der Waals surface area contributed by atoms with Crippen LogP contribution in [0, 0.1) is 11.3 Å². The molecule has 6 heteroatoms. The monoisotopic (exact) mass is 304 g/mol. The van der Waals surface area contributed by atoms with Crippen LogP contribution in [0.15, 0.2) is 32.0 Å². The van der Waals surface area contributed by atoms with Crippen molar-refractivity contribution in [1.82, 2.24) is 9.78 Å². The molecule has 4 rings (SSSR count). The number of nitrogens with zero attached hydrogens (tertiary/aromatic N) is 2. The third kappa shape index (κ3) is 2.31. The van der Waals surface area contributed by atoms with E-state index < -0.39 is 5.76 Å². The molecule has 22 heavy (non-hydrogen) atoms. The minimum Gasteiger partial charge on any atom is -0.459 e. The van der Waals surface area contributed by atoms with Crippen molar-refractivity contribution in [3.63, 3.8) is 0 Å². The lowest BCUT2D eigenvalue weighted by Crippen LogP contribution is -2.36. The molecule has 0 bridgehead atoms. The van der Waals surface area contributed by atoms with Crippen molar-refractivity contribution in [1.29, 1.82) is 0 Å². The molecule has 1 unspecified atom stereocenters. The zero-order valence-corrected chi connectivity index (χ0v) is 12.5. The third-order valence-electron chi connectivity index (χ3n) is 5.31. The fourth-order valence-corrected chi connectivity index (χ4v) is 4.06. The summed E-state index contributed by atoms with van der Waals surface area (Å²) in [6.07, 6.45) is 7.34. The number of hydrogen-bond acceptors (Lipinski definition) is 5. The molecule has 2 aromatic heterocycles. The van der Waals surface area contributed by atoms with Gasteiger partial charge in [0, 0.05) is 13.2 Å². The molecule has 1 saturated heterocycles. The van der Waals surface area contributed by atoms with Crippen molar-refractivity contribution in [2.45, 2.75) is 38.6 Å². The Balaban J connectivity index is 1.57. The quantitative estimate of drug-likeness (QED) is 0.872. The standard InChI is InChI=1S/C16H20N2O4/c19-15-18(17-14(22-15)13-4-2-8-21-13)11-12-3-1-5-16(12)6-9-20-10-7-16/h2,4,8,12H,1,3,5-7,9-11H2. The highest BCUT2D eigenvalue weighted by Gasteiger charge is 2.44. The van der Waals surface area contributed by atoms with Gasteiger partial charge in [-0.15, -0.1) is 5.10 Å². The normalized spacial score (nSPS) is 24.1. The zero-order valence-electron chi connectivity index (χ0n) is 12.5. The fraction of sp³-hybridized carbons (Fsp3) is 0.625. The predicted octanol–water partition coefficient (Wildman–Crippen LogP) is 2.69. The summed E-state index contributed by atoms with van der Waals surface area (Å²) in [5.74, 6) is 0.821. The van der Waals surface area contributed by atoms with Crippen LogP contribution in [0.4, 0.5) is 0 Å². The first-order valence-corrected chi connectivity index (χ1v) is 7.96. The maximum Gasteiger partial charge on any atom is 0.437 e. The van der Waals surface area contributed by atoms with Crippen molar-refractivity contribution in [3.8, 4) is 11.7 Å². The summed E-state index contributed by atoms with van der Waals surface area (Å²) in [4.78, 5) is 12.1. The van der Waals surface area contributed by atoms with E-state index in [2.05, 4.69) is 5.10 Å². The van der Waals surface area contributed by atoms with E-state index in [9.17, 15) is 4.79 Å². The molecule has 3 heterocycles. The van der Waals surface area contributed by atoms with Crippen LogP contribution < -0.4 is 5.76 Å². The molecule has 0 N–H and O–H groups in total. The van der Waals surface area contributed by atoms with Crippen molar-refractivity contribution < 1.29 is 13.6 Å². The van der Waals surface area contributed by atoms with Crippen LogP contribution in [0.2, 0.25) is 0 Å². The van der Waals surface area contributed by atoms with Gasteiger partial charge in [-0.1, -0.05) is 6.42 Å². The SMILES string of the molecule is O=c1oc(-c2ccco2)nn1CC1CCCC12CCOCC2. The van der Waals surface area contributed by atoms with Gasteiger partial charge in [0.2, 0.25) is 0 Å². The molecular weight excluding hydrogens is 284 g/mol. The van der Waals surface area contributed by atoms with E-state index in [1.54, 1.807) is 18.4 Å². The molecule has 6 nitrogen and oxygen atoms in total. The molecule has 118 valence electrons. The summed E-state index contributed by atoms with van der Waals surface area (Å²) in [5.41, 5.74) is 0.321. The van der Waals surface area contributed by atoms with Gasteiger partial charge >= 0.3 is 5.76 Å². The van der Waals surface area contributed by atoms with Gasteiger partial charge < -0.3 is 13.6 Å². The lowest BCUT2D eigenvalue weighted by Gasteiger charge is -2.38. The minimum atomic E-state index is -0.402. The van der Waals surface area contributed by atoms with Crippen LogP contribution in [0.1, 0.15) is 32.1 Å². The molecule has 1 saturated carbocycles. The van der Waals surface area contributed by atoms with E-state index in [4.69, 9.17) is 13.6 Å². The molecule has 0 amide bonds. The van der Waals surface area contributed by atoms with Gasteiger partial charge in [-0.05, 0) is 49.1 Å². The summed E-state index contributed by atoms with van der Waals surface area (Å²) in [7, 11) is 0. The summed E-state index contributed by atoms with van der Waals surface area (Å²) >= 11 is 0. The second kappa shape index (κ2) is 5.43. The van der Waals surface area contributed by atoms with Gasteiger partial charge in [0.1, 0.15) is 0 Å². The lowest BCUT2D eigenvalue weighted by atomic mass is 9.72. The Morgan fingerprint density at radius 2 is 2.18 bits per heavy atom. The van der Waals surface area contributed by atoms with Gasteiger partial charge in [0.15, 0.2) is 5.76 Å². The molecule has 2 aromatic rings. The van der Waals surface area contributed by atoms with Crippen molar-refractivity contribution >= 4 is 0 Å². The third-order valence-corrected chi connectivity index (χ3v) is 5.31. The van der Waals surface area contributed by atoms with Gasteiger partial charge in [0.25, 0.3) is 5.89 Å². The zero-order chi connectivity index (χ0) is 15.0. The van der Waals surface area contributed by atoms with Crippen LogP contribution in [0.25, 0.3) is 11.7 Å². The van der Waals surface area contributed by atoms with Crippen LogP contribution in [0.3, 0.4) is 0 Å². The number of rotatable bonds is 3. The maximum absolute atomic E-state index is 12.1. The van der Waals surface area contributed by atoms with Crippen molar-refractivity contribution in [2.75, 3.05) is 13.2 Å². The topological polar surface area (TPSA) is 70.4 Å². The van der Waals surface area contributed by atoms with E-state index in [-0.39, 0.29) is 5.89 Å². The Bertz CT molecular complexity index is 679. The number of furan rings is 1. The number of hydrogen-bond donors (Lipinski definition) is 0. The van der Waals surface area contributed by atoms with E-state index in [1.165, 1.54) is 17.5 Å². The van der Waals surface area contributed by atoms with Crippen LogP contribution in [-0.4, -0.2) is 23.0 Å². The Labute approximate surface area is 128 Å². The fourth-order valence-electron chi connectivity index (χ4n) is 4.06. The highest BCUT2D eigenvalue weighted by molar-refractivity contribution is 5.42. The molecule has 2 aliphatic rings. The molecule has 1 spiro atoms. The average molecular weight is 304 g/mol. The second-order valence-corrected chi connectivity index (χ2v) is 6.40. The van der Waals surface area contributed by atoms with Gasteiger partial charge in [-0.25, -0.2) is 4.79 Å². The molecule has 2 fully saturated rings. The molecule has 1 aliphatic heterocycles. The molecule has 0 aromatic carbocycles. The lowest BCUT2D eigenvalue weighted by molar-refractivity contribution is -0.0107. The van der Waals surface area contributed by atoms with E-state index in [0.717, 1.165) is 32.5 Å². The number of ether oxygens (including phenoxy) is 1. The first-order valence-electron chi connectivity index (χ1n) is 7.96. The average Bonchev–Trinajstić information content (AvgIpc) is 3.24. The first-order chi connectivity index (χ1) is 10.8.